The summed E-state index contributed by atoms with van der Waals surface area (Å²) in [5.41, 5.74) is 0.297. The van der Waals surface area contributed by atoms with E-state index in [0.29, 0.717) is 15.8 Å². The first-order valence-corrected chi connectivity index (χ1v) is 4.94. The van der Waals surface area contributed by atoms with Crippen LogP contribution < -0.4 is 4.74 Å². The fraction of sp³-hybridized carbons (Fsp3) is 0. The zero-order chi connectivity index (χ0) is 9.59. The Kier molecular flexibility index (Phi) is 2.00. The van der Waals surface area contributed by atoms with Gasteiger partial charge in [0.15, 0.2) is 5.75 Å². The molecule has 0 saturated carbocycles. The second-order valence-electron chi connectivity index (χ2n) is 2.48. The molecule has 66 valence electrons. The minimum atomic E-state index is -0.825. The molecular formula is C8H2Br2O3. The maximum atomic E-state index is 11.2. The molecule has 0 amide bonds. The third kappa shape index (κ3) is 1.32. The van der Waals surface area contributed by atoms with Crippen LogP contribution in [-0.2, 0) is 4.79 Å². The molecule has 1 aliphatic rings. The average Bonchev–Trinajstić information content (AvgIpc) is 2.32. The summed E-state index contributed by atoms with van der Waals surface area (Å²) in [5.74, 6) is -1.12. The minimum Gasteiger partial charge on any atom is -0.419 e. The average molecular weight is 306 g/mol. The maximum Gasteiger partial charge on any atom is 0.385 e. The van der Waals surface area contributed by atoms with E-state index < -0.39 is 11.8 Å². The molecule has 0 fully saturated rings. The molecule has 0 saturated heterocycles. The molecule has 0 spiro atoms. The van der Waals surface area contributed by atoms with Gasteiger partial charge in [-0.1, -0.05) is 15.9 Å². The molecule has 3 nitrogen and oxygen atoms in total. The number of ether oxygens (including phenoxy) is 1. The number of hydrogen-bond donors (Lipinski definition) is 0. The Balaban J connectivity index is 2.70. The zero-order valence-corrected chi connectivity index (χ0v) is 9.31. The highest BCUT2D eigenvalue weighted by Crippen LogP contribution is 2.36. The van der Waals surface area contributed by atoms with Crippen molar-refractivity contribution in [2.24, 2.45) is 0 Å². The van der Waals surface area contributed by atoms with E-state index in [9.17, 15) is 9.59 Å². The number of Topliss-reactive ketones (excluding diaryl/α,β-unsaturated/α-hetero) is 1. The summed E-state index contributed by atoms with van der Waals surface area (Å²) in [4.78, 5) is 22.1. The van der Waals surface area contributed by atoms with Crippen molar-refractivity contribution in [1.82, 2.24) is 0 Å². The number of halogens is 2. The number of carbonyl (C=O) groups is 2. The van der Waals surface area contributed by atoms with Crippen LogP contribution in [0.25, 0.3) is 0 Å². The molecule has 0 aliphatic carbocycles. The summed E-state index contributed by atoms with van der Waals surface area (Å²) in [5, 5.41) is 0. The van der Waals surface area contributed by atoms with E-state index in [1.54, 1.807) is 12.1 Å². The van der Waals surface area contributed by atoms with Crippen LogP contribution >= 0.6 is 31.9 Å². The lowest BCUT2D eigenvalue weighted by atomic mass is 10.1. The van der Waals surface area contributed by atoms with E-state index in [1.165, 1.54) is 0 Å². The van der Waals surface area contributed by atoms with Crippen molar-refractivity contribution < 1.29 is 14.3 Å². The van der Waals surface area contributed by atoms with Gasteiger partial charge in [-0.05, 0) is 28.1 Å². The van der Waals surface area contributed by atoms with Crippen LogP contribution in [0.4, 0.5) is 0 Å². The Morgan fingerprint density at radius 3 is 2.54 bits per heavy atom. The quantitative estimate of drug-likeness (QED) is 0.420. The number of hydrogen-bond acceptors (Lipinski definition) is 3. The molecule has 2 rings (SSSR count). The predicted molar refractivity (Wildman–Crippen MR) is 51.8 cm³/mol. The zero-order valence-electron chi connectivity index (χ0n) is 6.14. The molecule has 0 aromatic heterocycles. The van der Waals surface area contributed by atoms with E-state index in [0.717, 1.165) is 4.47 Å². The first-order valence-electron chi connectivity index (χ1n) is 3.35. The van der Waals surface area contributed by atoms with Crippen LogP contribution in [0.5, 0.6) is 5.75 Å². The predicted octanol–water partition coefficient (Wildman–Crippen LogP) is 2.31. The van der Waals surface area contributed by atoms with E-state index in [2.05, 4.69) is 31.9 Å². The Morgan fingerprint density at radius 1 is 1.15 bits per heavy atom. The number of benzene rings is 1. The first-order chi connectivity index (χ1) is 6.09. The number of ketones is 1. The Hall–Kier alpha value is -0.680. The molecular weight excluding hydrogens is 304 g/mol. The van der Waals surface area contributed by atoms with Crippen LogP contribution in [0.15, 0.2) is 21.1 Å². The van der Waals surface area contributed by atoms with Gasteiger partial charge in [-0.25, -0.2) is 4.79 Å². The number of carbonyl (C=O) groups excluding carboxylic acids is 2. The van der Waals surface area contributed by atoms with Crippen molar-refractivity contribution in [3.05, 3.63) is 26.6 Å². The highest BCUT2D eigenvalue weighted by atomic mass is 79.9. The number of fused-ring (bicyclic) bond motifs is 1. The van der Waals surface area contributed by atoms with Crippen LogP contribution in [0.3, 0.4) is 0 Å². The third-order valence-electron chi connectivity index (χ3n) is 1.63. The molecule has 1 heterocycles. The first kappa shape index (κ1) is 8.90. The normalized spacial score (nSPS) is 14.3. The van der Waals surface area contributed by atoms with Gasteiger partial charge >= 0.3 is 5.97 Å². The Labute approximate surface area is 90.3 Å². The van der Waals surface area contributed by atoms with E-state index >= 15 is 0 Å². The third-order valence-corrected chi connectivity index (χ3v) is 2.68. The molecule has 0 bridgehead atoms. The molecule has 13 heavy (non-hydrogen) atoms. The molecule has 0 radical (unpaired) electrons. The standard InChI is InChI=1S/C8H2Br2O3/c9-3-1-4-6(11)8(12)13-7(4)5(10)2-3/h1-2H. The van der Waals surface area contributed by atoms with Gasteiger partial charge in [-0.15, -0.1) is 0 Å². The van der Waals surface area contributed by atoms with Crippen molar-refractivity contribution in [3.63, 3.8) is 0 Å². The second kappa shape index (κ2) is 2.92. The summed E-state index contributed by atoms with van der Waals surface area (Å²) in [6.45, 7) is 0. The van der Waals surface area contributed by atoms with Gasteiger partial charge < -0.3 is 4.74 Å². The SMILES string of the molecule is O=C1Oc2c(Br)cc(Br)cc2C1=O. The lowest BCUT2D eigenvalue weighted by molar-refractivity contribution is -0.128. The highest BCUT2D eigenvalue weighted by Gasteiger charge is 2.32. The van der Waals surface area contributed by atoms with Crippen molar-refractivity contribution in [3.8, 4) is 5.75 Å². The summed E-state index contributed by atoms with van der Waals surface area (Å²) < 4.78 is 6.07. The molecule has 1 aromatic rings. The molecule has 0 N–H and O–H groups in total. The van der Waals surface area contributed by atoms with Crippen molar-refractivity contribution >= 4 is 43.6 Å². The van der Waals surface area contributed by atoms with Crippen LogP contribution in [0.2, 0.25) is 0 Å². The topological polar surface area (TPSA) is 43.4 Å². The Morgan fingerprint density at radius 2 is 1.85 bits per heavy atom. The van der Waals surface area contributed by atoms with Gasteiger partial charge in [0.25, 0.3) is 5.78 Å². The number of rotatable bonds is 0. The second-order valence-corrected chi connectivity index (χ2v) is 4.25. The summed E-state index contributed by atoms with van der Waals surface area (Å²) >= 11 is 6.41. The van der Waals surface area contributed by atoms with Crippen LogP contribution in [-0.4, -0.2) is 11.8 Å². The van der Waals surface area contributed by atoms with Crippen molar-refractivity contribution in [2.45, 2.75) is 0 Å². The highest BCUT2D eigenvalue weighted by molar-refractivity contribution is 9.11. The molecule has 5 heteroatoms. The lowest BCUT2D eigenvalue weighted by Gasteiger charge is -1.99. The van der Waals surface area contributed by atoms with Gasteiger partial charge in [-0.2, -0.15) is 0 Å². The molecule has 1 aromatic carbocycles. The van der Waals surface area contributed by atoms with Crippen molar-refractivity contribution in [2.75, 3.05) is 0 Å². The van der Waals surface area contributed by atoms with Gasteiger partial charge in [0, 0.05) is 4.47 Å². The van der Waals surface area contributed by atoms with E-state index in [-0.39, 0.29) is 0 Å². The molecule has 1 aliphatic heterocycles. The number of esters is 1. The fourth-order valence-corrected chi connectivity index (χ4v) is 2.39. The molecule has 0 atom stereocenters. The summed E-state index contributed by atoms with van der Waals surface area (Å²) in [6.07, 6.45) is 0. The molecule has 0 unspecified atom stereocenters. The van der Waals surface area contributed by atoms with Gasteiger partial charge in [-0.3, -0.25) is 4.79 Å². The van der Waals surface area contributed by atoms with E-state index in [4.69, 9.17) is 4.74 Å². The summed E-state index contributed by atoms with van der Waals surface area (Å²) in [7, 11) is 0. The smallest absolute Gasteiger partial charge is 0.385 e. The van der Waals surface area contributed by atoms with Gasteiger partial charge in [0.2, 0.25) is 0 Å². The largest absolute Gasteiger partial charge is 0.419 e. The van der Waals surface area contributed by atoms with Gasteiger partial charge in [0.05, 0.1) is 10.0 Å². The summed E-state index contributed by atoms with van der Waals surface area (Å²) in [6, 6.07) is 3.28. The monoisotopic (exact) mass is 304 g/mol. The Bertz CT molecular complexity index is 426. The van der Waals surface area contributed by atoms with Crippen LogP contribution in [0, 0.1) is 0 Å². The minimum absolute atomic E-state index is 0.297. The lowest BCUT2D eigenvalue weighted by Crippen LogP contribution is -2.10. The van der Waals surface area contributed by atoms with Gasteiger partial charge in [0.1, 0.15) is 0 Å². The maximum absolute atomic E-state index is 11.2. The van der Waals surface area contributed by atoms with Crippen molar-refractivity contribution in [1.29, 1.82) is 0 Å². The fourth-order valence-electron chi connectivity index (χ4n) is 1.08. The van der Waals surface area contributed by atoms with E-state index in [1.807, 2.05) is 0 Å². The van der Waals surface area contributed by atoms with Crippen LogP contribution in [0.1, 0.15) is 10.4 Å².